The minimum atomic E-state index is -4.46. The molecule has 0 aliphatic heterocycles. The number of halogens is 3. The summed E-state index contributed by atoms with van der Waals surface area (Å²) in [4.78, 5) is 35.6. The van der Waals surface area contributed by atoms with Gasteiger partial charge in [0.25, 0.3) is 0 Å². The van der Waals surface area contributed by atoms with Crippen LogP contribution in [0.1, 0.15) is 54.3 Å². The summed E-state index contributed by atoms with van der Waals surface area (Å²) in [5, 5.41) is 20.9. The van der Waals surface area contributed by atoms with Crippen LogP contribution in [-0.4, -0.2) is 34.9 Å². The van der Waals surface area contributed by atoms with Crippen LogP contribution in [0.25, 0.3) is 6.08 Å². The molecule has 1 atom stereocenters. The number of alkyl halides is 3. The number of carboxylic acid groups (broad SMARTS) is 1. The number of nitrogens with one attached hydrogen (secondary N) is 1. The van der Waals surface area contributed by atoms with Crippen molar-refractivity contribution in [1.82, 2.24) is 5.32 Å². The lowest BCUT2D eigenvalue weighted by Crippen LogP contribution is -2.19. The van der Waals surface area contributed by atoms with Gasteiger partial charge in [-0.25, -0.2) is 9.59 Å². The number of benzene rings is 1. The summed E-state index contributed by atoms with van der Waals surface area (Å²) in [6.07, 6.45) is -0.450. The number of aromatic hydroxyl groups is 1. The predicted molar refractivity (Wildman–Crippen MR) is 121 cm³/mol. The van der Waals surface area contributed by atoms with Crippen LogP contribution in [0.2, 0.25) is 0 Å². The Kier molecular flexibility index (Phi) is 9.26. The Balaban J connectivity index is 2.11. The van der Waals surface area contributed by atoms with E-state index in [1.54, 1.807) is 13.0 Å². The van der Waals surface area contributed by atoms with Gasteiger partial charge in [-0.3, -0.25) is 10.1 Å². The van der Waals surface area contributed by atoms with E-state index in [2.05, 4.69) is 10.1 Å². The summed E-state index contributed by atoms with van der Waals surface area (Å²) in [6.45, 7) is 1.73. The van der Waals surface area contributed by atoms with Crippen molar-refractivity contribution in [2.45, 2.75) is 38.8 Å². The summed E-state index contributed by atoms with van der Waals surface area (Å²) in [5.74, 6) is -1.45. The maximum atomic E-state index is 12.7. The molecule has 1 aromatic heterocycles. The molecular weight excluding hydrogens is 471 g/mol. The molecule has 1 unspecified atom stereocenters. The first-order valence-corrected chi connectivity index (χ1v) is 10.4. The van der Waals surface area contributed by atoms with Gasteiger partial charge in [0.2, 0.25) is 0 Å². The van der Waals surface area contributed by atoms with Gasteiger partial charge in [0.1, 0.15) is 22.8 Å². The second kappa shape index (κ2) is 11.9. The first-order chi connectivity index (χ1) is 16.4. The maximum Gasteiger partial charge on any atom is 0.422 e. The smallest absolute Gasteiger partial charge is 0.422 e. The van der Waals surface area contributed by atoms with Crippen molar-refractivity contribution in [2.75, 3.05) is 6.61 Å². The van der Waals surface area contributed by atoms with Crippen molar-refractivity contribution < 1.29 is 42.1 Å². The topological polar surface area (TPSA) is 126 Å². The van der Waals surface area contributed by atoms with Crippen LogP contribution >= 0.6 is 0 Å². The molecule has 1 amide bonds. The molecule has 0 aliphatic carbocycles. The molecular formula is C24H24F3NO7. The van der Waals surface area contributed by atoms with E-state index in [9.17, 15) is 32.7 Å². The second-order valence-corrected chi connectivity index (χ2v) is 7.66. The first kappa shape index (κ1) is 27.2. The molecule has 0 fully saturated rings. The van der Waals surface area contributed by atoms with Crippen LogP contribution in [0, 0.1) is 0 Å². The van der Waals surface area contributed by atoms with Crippen molar-refractivity contribution in [3.05, 3.63) is 75.5 Å². The van der Waals surface area contributed by atoms with E-state index in [1.807, 2.05) is 0 Å². The second-order valence-electron chi connectivity index (χ2n) is 7.66. The molecule has 0 aliphatic rings. The molecule has 0 saturated heterocycles. The van der Waals surface area contributed by atoms with Crippen LogP contribution < -0.4 is 15.7 Å². The molecule has 0 saturated carbocycles. The third kappa shape index (κ3) is 8.69. The van der Waals surface area contributed by atoms with Gasteiger partial charge >= 0.3 is 17.9 Å². The molecule has 2 rings (SSSR count). The van der Waals surface area contributed by atoms with Gasteiger partial charge in [0, 0.05) is 18.2 Å². The standard InChI is InChI=1S/C24H24F3NO7/c1-14(5-3-4-10-28-23(32)33)19-12-18(29)20(22(31)35-19)21(30)15(2)11-16-6-8-17(9-7-16)34-13-24(25,26)27/h4,6-12,14,28-29H,3,5,13H2,1-2H3,(H,32,33)/b10-4+,15-11+. The highest BCUT2D eigenvalue weighted by atomic mass is 19.4. The molecule has 11 heteroatoms. The molecule has 1 aromatic carbocycles. The highest BCUT2D eigenvalue weighted by Crippen LogP contribution is 2.26. The fourth-order valence-corrected chi connectivity index (χ4v) is 2.99. The fourth-order valence-electron chi connectivity index (χ4n) is 2.99. The van der Waals surface area contributed by atoms with Crippen LogP contribution in [0.15, 0.2) is 57.4 Å². The molecule has 2 aromatic rings. The molecule has 3 N–H and O–H groups in total. The minimum absolute atomic E-state index is 0.0000845. The summed E-state index contributed by atoms with van der Waals surface area (Å²) in [5.41, 5.74) is -0.989. The van der Waals surface area contributed by atoms with E-state index in [1.165, 1.54) is 49.5 Å². The maximum absolute atomic E-state index is 12.7. The largest absolute Gasteiger partial charge is 0.507 e. The third-order valence-corrected chi connectivity index (χ3v) is 4.78. The average molecular weight is 495 g/mol. The normalized spacial score (nSPS) is 13.0. The number of carbonyl (C=O) groups is 2. The zero-order valence-electron chi connectivity index (χ0n) is 18.9. The van der Waals surface area contributed by atoms with Crippen LogP contribution in [0.4, 0.5) is 18.0 Å². The number of ketones is 1. The lowest BCUT2D eigenvalue weighted by molar-refractivity contribution is -0.153. The number of hydrogen-bond donors (Lipinski definition) is 3. The van der Waals surface area contributed by atoms with Crippen LogP contribution in [0.5, 0.6) is 11.5 Å². The van der Waals surface area contributed by atoms with E-state index in [0.29, 0.717) is 18.4 Å². The monoisotopic (exact) mass is 495 g/mol. The van der Waals surface area contributed by atoms with Crippen LogP contribution in [0.3, 0.4) is 0 Å². The number of hydrogen-bond acceptors (Lipinski definition) is 6. The van der Waals surface area contributed by atoms with Gasteiger partial charge in [-0.1, -0.05) is 25.1 Å². The Morgan fingerprint density at radius 1 is 1.23 bits per heavy atom. The highest BCUT2D eigenvalue weighted by molar-refractivity contribution is 6.12. The molecule has 0 radical (unpaired) electrons. The van der Waals surface area contributed by atoms with Gasteiger partial charge in [0.05, 0.1) is 0 Å². The molecule has 0 spiro atoms. The van der Waals surface area contributed by atoms with Gasteiger partial charge < -0.3 is 19.4 Å². The average Bonchev–Trinajstić information content (AvgIpc) is 2.76. The van der Waals surface area contributed by atoms with Crippen molar-refractivity contribution in [3.8, 4) is 11.5 Å². The summed E-state index contributed by atoms with van der Waals surface area (Å²) < 4.78 is 46.6. The molecule has 0 bridgehead atoms. The number of Topliss-reactive ketones (excluding diaryl/α,β-unsaturated/α-hetero) is 1. The van der Waals surface area contributed by atoms with Crippen LogP contribution in [-0.2, 0) is 0 Å². The van der Waals surface area contributed by atoms with Gasteiger partial charge in [0.15, 0.2) is 12.4 Å². The first-order valence-electron chi connectivity index (χ1n) is 10.4. The van der Waals surface area contributed by atoms with Crippen molar-refractivity contribution in [1.29, 1.82) is 0 Å². The zero-order valence-corrected chi connectivity index (χ0v) is 18.9. The van der Waals surface area contributed by atoms with E-state index in [4.69, 9.17) is 9.52 Å². The Labute approximate surface area is 198 Å². The molecule has 8 nitrogen and oxygen atoms in total. The van der Waals surface area contributed by atoms with E-state index >= 15 is 0 Å². The number of allylic oxidation sites excluding steroid dienone is 2. The van der Waals surface area contributed by atoms with E-state index < -0.39 is 41.6 Å². The van der Waals surface area contributed by atoms with Crippen molar-refractivity contribution in [2.24, 2.45) is 0 Å². The lowest BCUT2D eigenvalue weighted by atomic mass is 9.99. The molecule has 188 valence electrons. The van der Waals surface area contributed by atoms with Crippen molar-refractivity contribution >= 4 is 18.0 Å². The number of ether oxygens (including phenoxy) is 1. The number of amides is 1. The Hall–Kier alpha value is -4.02. The predicted octanol–water partition coefficient (Wildman–Crippen LogP) is 5.24. The van der Waals surface area contributed by atoms with Gasteiger partial charge in [-0.05, 0) is 49.1 Å². The quantitative estimate of drug-likeness (QED) is 0.304. The van der Waals surface area contributed by atoms with E-state index in [-0.39, 0.29) is 23.0 Å². The van der Waals surface area contributed by atoms with Gasteiger partial charge in [-0.15, -0.1) is 0 Å². The summed E-state index contributed by atoms with van der Waals surface area (Å²) in [6, 6.07) is 6.69. The minimum Gasteiger partial charge on any atom is -0.507 e. The number of rotatable bonds is 10. The third-order valence-electron chi connectivity index (χ3n) is 4.78. The van der Waals surface area contributed by atoms with Crippen molar-refractivity contribution in [3.63, 3.8) is 0 Å². The lowest BCUT2D eigenvalue weighted by Gasteiger charge is -2.11. The SMILES string of the molecule is C/C(=C\c1ccc(OCC(F)(F)F)cc1)C(=O)c1c(O)cc(C(C)CC/C=C/NC(=O)O)oc1=O. The summed E-state index contributed by atoms with van der Waals surface area (Å²) in [7, 11) is 0. The summed E-state index contributed by atoms with van der Waals surface area (Å²) >= 11 is 0. The molecule has 1 heterocycles. The Morgan fingerprint density at radius 2 is 1.89 bits per heavy atom. The molecule has 35 heavy (non-hydrogen) atoms. The fraction of sp³-hybridized carbons (Fsp3) is 0.292. The van der Waals surface area contributed by atoms with E-state index in [0.717, 1.165) is 0 Å². The van der Waals surface area contributed by atoms with Gasteiger partial charge in [-0.2, -0.15) is 13.2 Å². The highest BCUT2D eigenvalue weighted by Gasteiger charge is 2.28. The number of carbonyl (C=O) groups excluding carboxylic acids is 1. The zero-order chi connectivity index (χ0) is 26.2. The Morgan fingerprint density at radius 3 is 2.46 bits per heavy atom. The Bertz CT molecular complexity index is 1170.